The number of carbonyl (C=O) groups is 3. The fourth-order valence-corrected chi connectivity index (χ4v) is 8.06. The van der Waals surface area contributed by atoms with Gasteiger partial charge in [-0.25, -0.2) is 0 Å². The standard InChI is InChI=1S/C56H104O6/c1-4-7-10-13-15-17-18-19-20-21-22-23-24-25-26-27-28-29-30-31-32-33-34-35-36-37-38-39-41-43-46-49-55(58)61-52-53(51-60-54(57)48-45-42-12-9-6-3)62-56(59)50-47-44-40-16-14-11-8-5-2/h18-19,21-22,53H,4-17,20,23-52H2,1-3H3/b19-18-,22-21-. The van der Waals surface area contributed by atoms with E-state index >= 15 is 0 Å². The van der Waals surface area contributed by atoms with Crippen molar-refractivity contribution < 1.29 is 28.6 Å². The molecule has 0 saturated carbocycles. The number of allylic oxidation sites excluding steroid dienone is 4. The lowest BCUT2D eigenvalue weighted by atomic mass is 10.0. The summed E-state index contributed by atoms with van der Waals surface area (Å²) in [6, 6.07) is 0. The van der Waals surface area contributed by atoms with Crippen LogP contribution in [0.4, 0.5) is 0 Å². The highest BCUT2D eigenvalue weighted by molar-refractivity contribution is 5.71. The minimum absolute atomic E-state index is 0.0669. The van der Waals surface area contributed by atoms with Crippen molar-refractivity contribution >= 4 is 17.9 Å². The summed E-state index contributed by atoms with van der Waals surface area (Å²) in [5, 5.41) is 0. The molecule has 0 aromatic carbocycles. The third kappa shape index (κ3) is 48.9. The van der Waals surface area contributed by atoms with Gasteiger partial charge in [0.1, 0.15) is 13.2 Å². The van der Waals surface area contributed by atoms with Crippen LogP contribution in [0.5, 0.6) is 0 Å². The highest BCUT2D eigenvalue weighted by atomic mass is 16.6. The van der Waals surface area contributed by atoms with Gasteiger partial charge in [-0.15, -0.1) is 0 Å². The Morgan fingerprint density at radius 2 is 0.581 bits per heavy atom. The third-order valence-electron chi connectivity index (χ3n) is 12.2. The molecule has 0 bridgehead atoms. The number of ether oxygens (including phenoxy) is 3. The minimum atomic E-state index is -0.759. The van der Waals surface area contributed by atoms with Crippen molar-refractivity contribution in [3.8, 4) is 0 Å². The molecule has 0 aromatic rings. The van der Waals surface area contributed by atoms with Gasteiger partial charge in [0, 0.05) is 19.3 Å². The predicted molar refractivity (Wildman–Crippen MR) is 266 cm³/mol. The molecule has 0 aliphatic heterocycles. The molecule has 0 fully saturated rings. The Kier molecular flexibility index (Phi) is 49.8. The highest BCUT2D eigenvalue weighted by Gasteiger charge is 2.19. The summed E-state index contributed by atoms with van der Waals surface area (Å²) < 4.78 is 16.6. The summed E-state index contributed by atoms with van der Waals surface area (Å²) >= 11 is 0. The quantitative estimate of drug-likeness (QED) is 0.0262. The first-order valence-corrected chi connectivity index (χ1v) is 27.3. The number of esters is 3. The van der Waals surface area contributed by atoms with Crippen LogP contribution in [0.15, 0.2) is 24.3 Å². The molecule has 1 unspecified atom stereocenters. The lowest BCUT2D eigenvalue weighted by Gasteiger charge is -2.18. The summed E-state index contributed by atoms with van der Waals surface area (Å²) in [6.45, 7) is 6.54. The maximum absolute atomic E-state index is 12.6. The molecular formula is C56H104O6. The predicted octanol–water partition coefficient (Wildman–Crippen LogP) is 17.9. The van der Waals surface area contributed by atoms with Crippen LogP contribution in [0.2, 0.25) is 0 Å². The highest BCUT2D eigenvalue weighted by Crippen LogP contribution is 2.17. The van der Waals surface area contributed by atoms with Crippen molar-refractivity contribution in [3.05, 3.63) is 24.3 Å². The molecule has 0 aliphatic carbocycles. The lowest BCUT2D eigenvalue weighted by molar-refractivity contribution is -0.167. The number of rotatable bonds is 50. The first kappa shape index (κ1) is 59.9. The summed E-state index contributed by atoms with van der Waals surface area (Å²) in [5.74, 6) is -0.874. The molecule has 6 heteroatoms. The van der Waals surface area contributed by atoms with E-state index in [9.17, 15) is 14.4 Å². The van der Waals surface area contributed by atoms with E-state index in [1.807, 2.05) is 0 Å². The summed E-state index contributed by atoms with van der Waals surface area (Å²) in [4.78, 5) is 37.4. The van der Waals surface area contributed by atoms with E-state index in [4.69, 9.17) is 14.2 Å². The Bertz CT molecular complexity index is 1000. The zero-order chi connectivity index (χ0) is 45.1. The van der Waals surface area contributed by atoms with E-state index in [0.717, 1.165) is 70.6 Å². The summed E-state index contributed by atoms with van der Waals surface area (Å²) in [5.41, 5.74) is 0. The van der Waals surface area contributed by atoms with Crippen LogP contribution in [0.25, 0.3) is 0 Å². The van der Waals surface area contributed by atoms with Crippen molar-refractivity contribution in [2.45, 2.75) is 303 Å². The van der Waals surface area contributed by atoms with E-state index < -0.39 is 6.10 Å². The van der Waals surface area contributed by atoms with Gasteiger partial charge >= 0.3 is 17.9 Å². The van der Waals surface area contributed by atoms with Gasteiger partial charge in [-0.2, -0.15) is 0 Å². The normalized spacial score (nSPS) is 12.1. The fraction of sp³-hybridized carbons (Fsp3) is 0.875. The molecule has 0 N–H and O–H groups in total. The number of hydrogen-bond acceptors (Lipinski definition) is 6. The SMILES string of the molecule is CCCCCCC/C=C\C/C=C\CCCCCCCCCCCCCCCCCCCCCC(=O)OCC(COC(=O)CCCCCCC)OC(=O)CCCCCCCCCC. The maximum atomic E-state index is 12.6. The molecule has 0 saturated heterocycles. The average Bonchev–Trinajstić information content (AvgIpc) is 3.27. The molecule has 0 rings (SSSR count). The Morgan fingerprint density at radius 3 is 0.887 bits per heavy atom. The van der Waals surface area contributed by atoms with Crippen molar-refractivity contribution in [2.24, 2.45) is 0 Å². The fourth-order valence-electron chi connectivity index (χ4n) is 8.06. The summed E-state index contributed by atoms with van der Waals surface area (Å²) in [6.07, 6.45) is 59.6. The molecule has 0 spiro atoms. The van der Waals surface area contributed by atoms with Gasteiger partial charge in [-0.05, 0) is 51.4 Å². The molecule has 0 aromatic heterocycles. The number of carbonyl (C=O) groups excluding carboxylic acids is 3. The van der Waals surface area contributed by atoms with Crippen LogP contribution < -0.4 is 0 Å². The van der Waals surface area contributed by atoms with E-state index in [1.54, 1.807) is 0 Å². The van der Waals surface area contributed by atoms with Crippen LogP contribution in [-0.4, -0.2) is 37.2 Å². The Labute approximate surface area is 385 Å². The molecule has 364 valence electrons. The van der Waals surface area contributed by atoms with Crippen molar-refractivity contribution in [1.29, 1.82) is 0 Å². The van der Waals surface area contributed by atoms with Gasteiger partial charge < -0.3 is 14.2 Å². The van der Waals surface area contributed by atoms with Gasteiger partial charge in [0.05, 0.1) is 0 Å². The third-order valence-corrected chi connectivity index (χ3v) is 12.2. The molecule has 6 nitrogen and oxygen atoms in total. The number of unbranched alkanes of at least 4 members (excludes halogenated alkanes) is 35. The average molecular weight is 873 g/mol. The zero-order valence-electron chi connectivity index (χ0n) is 41.7. The second-order valence-electron chi connectivity index (χ2n) is 18.5. The van der Waals surface area contributed by atoms with Crippen molar-refractivity contribution in [2.75, 3.05) is 13.2 Å². The smallest absolute Gasteiger partial charge is 0.306 e. The molecule has 62 heavy (non-hydrogen) atoms. The van der Waals surface area contributed by atoms with Crippen LogP contribution in [0, 0.1) is 0 Å². The van der Waals surface area contributed by atoms with E-state index in [1.165, 1.54) is 186 Å². The van der Waals surface area contributed by atoms with Gasteiger partial charge in [-0.1, -0.05) is 251 Å². The van der Waals surface area contributed by atoms with Crippen molar-refractivity contribution in [1.82, 2.24) is 0 Å². The molecular weight excluding hydrogens is 769 g/mol. The molecule has 0 aliphatic rings. The molecule has 0 radical (unpaired) electrons. The van der Waals surface area contributed by atoms with Crippen LogP contribution in [0.3, 0.4) is 0 Å². The van der Waals surface area contributed by atoms with E-state index in [2.05, 4.69) is 45.1 Å². The van der Waals surface area contributed by atoms with Gasteiger partial charge in [0.2, 0.25) is 0 Å². The van der Waals surface area contributed by atoms with Gasteiger partial charge in [0.25, 0.3) is 0 Å². The van der Waals surface area contributed by atoms with Gasteiger partial charge in [-0.3, -0.25) is 14.4 Å². The Hall–Kier alpha value is -2.11. The zero-order valence-corrected chi connectivity index (χ0v) is 41.7. The second kappa shape index (κ2) is 51.5. The maximum Gasteiger partial charge on any atom is 0.306 e. The summed E-state index contributed by atoms with van der Waals surface area (Å²) in [7, 11) is 0. The van der Waals surface area contributed by atoms with Crippen LogP contribution in [0.1, 0.15) is 297 Å². The van der Waals surface area contributed by atoms with Crippen LogP contribution in [-0.2, 0) is 28.6 Å². The van der Waals surface area contributed by atoms with Crippen molar-refractivity contribution in [3.63, 3.8) is 0 Å². The Balaban J connectivity index is 3.81. The lowest BCUT2D eigenvalue weighted by Crippen LogP contribution is -2.30. The first-order valence-electron chi connectivity index (χ1n) is 27.3. The van der Waals surface area contributed by atoms with E-state index in [-0.39, 0.29) is 31.1 Å². The topological polar surface area (TPSA) is 78.9 Å². The largest absolute Gasteiger partial charge is 0.462 e. The van der Waals surface area contributed by atoms with E-state index in [0.29, 0.717) is 19.3 Å². The van der Waals surface area contributed by atoms with Gasteiger partial charge in [0.15, 0.2) is 6.10 Å². The first-order chi connectivity index (χ1) is 30.5. The minimum Gasteiger partial charge on any atom is -0.462 e. The monoisotopic (exact) mass is 873 g/mol. The number of hydrogen-bond donors (Lipinski definition) is 0. The Morgan fingerprint density at radius 1 is 0.323 bits per heavy atom. The molecule has 0 heterocycles. The molecule has 0 amide bonds. The second-order valence-corrected chi connectivity index (χ2v) is 18.5. The van der Waals surface area contributed by atoms with Crippen LogP contribution >= 0.6 is 0 Å². The molecule has 1 atom stereocenters.